The van der Waals surface area contributed by atoms with Crippen molar-refractivity contribution in [2.24, 2.45) is 0 Å². The molecule has 21 heavy (non-hydrogen) atoms. The van der Waals surface area contributed by atoms with E-state index >= 15 is 0 Å². The minimum Gasteiger partial charge on any atom is -0.465 e. The molecule has 0 saturated carbocycles. The van der Waals surface area contributed by atoms with Crippen molar-refractivity contribution in [1.29, 1.82) is 0 Å². The van der Waals surface area contributed by atoms with Crippen LogP contribution in [0.15, 0.2) is 18.2 Å². The van der Waals surface area contributed by atoms with Crippen molar-refractivity contribution in [1.82, 2.24) is 5.32 Å². The number of carbonyl (C=O) groups is 2. The molecule has 0 atom stereocenters. The van der Waals surface area contributed by atoms with E-state index in [1.807, 2.05) is 13.8 Å². The van der Waals surface area contributed by atoms with Crippen LogP contribution in [0.1, 0.15) is 37.0 Å². The van der Waals surface area contributed by atoms with Gasteiger partial charge in [0.1, 0.15) is 5.82 Å². The topological polar surface area (TPSA) is 67.4 Å². The lowest BCUT2D eigenvalue weighted by Gasteiger charge is -2.09. The van der Waals surface area contributed by atoms with Gasteiger partial charge in [-0.25, -0.2) is 9.18 Å². The number of hydrogen-bond donors (Lipinski definition) is 2. The number of amides is 1. The summed E-state index contributed by atoms with van der Waals surface area (Å²) >= 11 is 0. The van der Waals surface area contributed by atoms with Crippen LogP contribution in [-0.2, 0) is 9.53 Å². The van der Waals surface area contributed by atoms with Gasteiger partial charge in [0.25, 0.3) is 0 Å². The van der Waals surface area contributed by atoms with E-state index in [0.717, 1.165) is 12.6 Å². The molecule has 1 aromatic rings. The van der Waals surface area contributed by atoms with Crippen LogP contribution in [0.25, 0.3) is 0 Å². The van der Waals surface area contributed by atoms with E-state index in [1.165, 1.54) is 19.2 Å². The van der Waals surface area contributed by atoms with Crippen LogP contribution in [0.2, 0.25) is 0 Å². The predicted octanol–water partition coefficient (Wildman–Crippen LogP) is 2.33. The summed E-state index contributed by atoms with van der Waals surface area (Å²) in [5.74, 6) is -1.45. The maximum absolute atomic E-state index is 13.6. The molecule has 116 valence electrons. The summed E-state index contributed by atoms with van der Waals surface area (Å²) in [7, 11) is 1.24. The van der Waals surface area contributed by atoms with E-state index in [4.69, 9.17) is 0 Å². The molecule has 0 aromatic heterocycles. The summed E-state index contributed by atoms with van der Waals surface area (Å²) < 4.78 is 18.2. The second kappa shape index (κ2) is 8.36. The normalized spacial score (nSPS) is 10.5. The first-order valence-electron chi connectivity index (χ1n) is 6.85. The summed E-state index contributed by atoms with van der Waals surface area (Å²) in [6.45, 7) is 4.76. The summed E-state index contributed by atoms with van der Waals surface area (Å²) in [5.41, 5.74) is 0.176. The molecule has 6 heteroatoms. The van der Waals surface area contributed by atoms with E-state index in [-0.39, 0.29) is 23.6 Å². The van der Waals surface area contributed by atoms with E-state index in [2.05, 4.69) is 15.4 Å². The van der Waals surface area contributed by atoms with Gasteiger partial charge in [0, 0.05) is 12.5 Å². The van der Waals surface area contributed by atoms with Crippen molar-refractivity contribution in [3.05, 3.63) is 29.6 Å². The summed E-state index contributed by atoms with van der Waals surface area (Å²) in [4.78, 5) is 23.1. The number of benzene rings is 1. The fourth-order valence-electron chi connectivity index (χ4n) is 1.72. The molecule has 0 aliphatic rings. The Morgan fingerprint density at radius 1 is 1.33 bits per heavy atom. The van der Waals surface area contributed by atoms with Crippen molar-refractivity contribution in [3.63, 3.8) is 0 Å². The first kappa shape index (κ1) is 17.1. The van der Waals surface area contributed by atoms with Crippen molar-refractivity contribution >= 4 is 17.6 Å². The molecule has 0 bridgehead atoms. The summed E-state index contributed by atoms with van der Waals surface area (Å²) in [5, 5.41) is 5.66. The van der Waals surface area contributed by atoms with Gasteiger partial charge in [-0.3, -0.25) is 4.79 Å². The highest BCUT2D eigenvalue weighted by Gasteiger charge is 2.12. The van der Waals surface area contributed by atoms with Crippen molar-refractivity contribution in [3.8, 4) is 0 Å². The van der Waals surface area contributed by atoms with Crippen molar-refractivity contribution in [2.45, 2.75) is 32.7 Å². The quantitative estimate of drug-likeness (QED) is 0.598. The van der Waals surface area contributed by atoms with Crippen LogP contribution >= 0.6 is 0 Å². The molecule has 0 unspecified atom stereocenters. The number of halogens is 1. The van der Waals surface area contributed by atoms with Crippen LogP contribution in [0.3, 0.4) is 0 Å². The molecule has 0 saturated heterocycles. The number of esters is 1. The minimum atomic E-state index is -0.587. The Morgan fingerprint density at radius 3 is 2.67 bits per heavy atom. The third-order valence-electron chi connectivity index (χ3n) is 2.79. The number of nitrogens with one attached hydrogen (secondary N) is 2. The molecular formula is C15H21FN2O3. The van der Waals surface area contributed by atoms with Gasteiger partial charge in [-0.15, -0.1) is 0 Å². The second-order valence-electron chi connectivity index (χ2n) is 4.95. The van der Waals surface area contributed by atoms with Gasteiger partial charge in [-0.1, -0.05) is 13.8 Å². The van der Waals surface area contributed by atoms with Crippen LogP contribution in [-0.4, -0.2) is 31.6 Å². The number of ether oxygens (including phenoxy) is 1. The van der Waals surface area contributed by atoms with Crippen LogP contribution in [0.4, 0.5) is 10.1 Å². The molecule has 0 radical (unpaired) electrons. The zero-order valence-corrected chi connectivity index (χ0v) is 12.5. The fraction of sp³-hybridized carbons (Fsp3) is 0.467. The molecule has 1 amide bonds. The van der Waals surface area contributed by atoms with E-state index in [1.54, 1.807) is 0 Å². The third kappa shape index (κ3) is 5.91. The highest BCUT2D eigenvalue weighted by molar-refractivity contribution is 5.94. The van der Waals surface area contributed by atoms with Gasteiger partial charge in [0.2, 0.25) is 5.91 Å². The maximum Gasteiger partial charge on any atom is 0.337 e. The Balaban J connectivity index is 2.57. The number of anilines is 1. The van der Waals surface area contributed by atoms with Gasteiger partial charge >= 0.3 is 5.97 Å². The lowest BCUT2D eigenvalue weighted by atomic mass is 10.2. The maximum atomic E-state index is 13.6. The minimum absolute atomic E-state index is 0.0141. The second-order valence-corrected chi connectivity index (χ2v) is 4.95. The third-order valence-corrected chi connectivity index (χ3v) is 2.79. The zero-order valence-electron chi connectivity index (χ0n) is 12.5. The van der Waals surface area contributed by atoms with Crippen LogP contribution in [0.5, 0.6) is 0 Å². The van der Waals surface area contributed by atoms with Gasteiger partial charge in [0.15, 0.2) is 0 Å². The predicted molar refractivity (Wildman–Crippen MR) is 78.7 cm³/mol. The molecular weight excluding hydrogens is 275 g/mol. The summed E-state index contributed by atoms with van der Waals surface area (Å²) in [6, 6.07) is 4.07. The largest absolute Gasteiger partial charge is 0.465 e. The highest BCUT2D eigenvalue weighted by Crippen LogP contribution is 2.17. The Hall–Kier alpha value is -1.95. The molecule has 0 spiro atoms. The van der Waals surface area contributed by atoms with Crippen LogP contribution < -0.4 is 10.6 Å². The van der Waals surface area contributed by atoms with Gasteiger partial charge in [0.05, 0.1) is 18.4 Å². The fourth-order valence-corrected chi connectivity index (χ4v) is 1.72. The van der Waals surface area contributed by atoms with Crippen LogP contribution in [0, 0.1) is 5.82 Å². The highest BCUT2D eigenvalue weighted by atomic mass is 19.1. The first-order chi connectivity index (χ1) is 9.93. The smallest absolute Gasteiger partial charge is 0.337 e. The van der Waals surface area contributed by atoms with E-state index < -0.39 is 11.8 Å². The molecule has 1 rings (SSSR count). The molecule has 0 aliphatic carbocycles. The Kier molecular flexibility index (Phi) is 6.81. The lowest BCUT2D eigenvalue weighted by molar-refractivity contribution is -0.116. The van der Waals surface area contributed by atoms with Gasteiger partial charge < -0.3 is 15.4 Å². The Bertz CT molecular complexity index is 504. The van der Waals surface area contributed by atoms with E-state index in [0.29, 0.717) is 12.5 Å². The molecule has 1 aromatic carbocycles. The monoisotopic (exact) mass is 296 g/mol. The average Bonchev–Trinajstić information content (AvgIpc) is 2.45. The van der Waals surface area contributed by atoms with E-state index in [9.17, 15) is 14.0 Å². The lowest BCUT2D eigenvalue weighted by Crippen LogP contribution is -2.24. The SMILES string of the molecule is COC(=O)c1ccc(F)c(NC(=O)CCCNC(C)C)c1. The van der Waals surface area contributed by atoms with Crippen molar-refractivity contribution < 1.29 is 18.7 Å². The molecule has 0 aliphatic heterocycles. The standard InChI is InChI=1S/C15H21FN2O3/c1-10(2)17-8-4-5-14(19)18-13-9-11(15(20)21-3)6-7-12(13)16/h6-7,9-10,17H,4-5,8H2,1-3H3,(H,18,19). The number of rotatable bonds is 7. The zero-order chi connectivity index (χ0) is 15.8. The summed E-state index contributed by atoms with van der Waals surface area (Å²) in [6.07, 6.45) is 0.934. The van der Waals surface area contributed by atoms with Crippen molar-refractivity contribution in [2.75, 3.05) is 19.0 Å². The number of hydrogen-bond acceptors (Lipinski definition) is 4. The first-order valence-corrected chi connectivity index (χ1v) is 6.85. The molecule has 2 N–H and O–H groups in total. The molecule has 0 heterocycles. The Morgan fingerprint density at radius 2 is 2.05 bits per heavy atom. The number of methoxy groups -OCH3 is 1. The molecule has 0 fully saturated rings. The number of carbonyl (C=O) groups excluding carboxylic acids is 2. The average molecular weight is 296 g/mol. The van der Waals surface area contributed by atoms with Gasteiger partial charge in [-0.05, 0) is 31.2 Å². The van der Waals surface area contributed by atoms with Gasteiger partial charge in [-0.2, -0.15) is 0 Å². The Labute approximate surface area is 123 Å². The molecule has 5 nitrogen and oxygen atoms in total.